The maximum Gasteiger partial charge on any atom is 0.199 e. The minimum atomic E-state index is 0.127. The summed E-state index contributed by atoms with van der Waals surface area (Å²) in [5, 5.41) is 3.40. The van der Waals surface area contributed by atoms with E-state index in [4.69, 9.17) is 9.47 Å². The fraction of sp³-hybridized carbons (Fsp3) is 0.417. The van der Waals surface area contributed by atoms with Gasteiger partial charge in [0.2, 0.25) is 0 Å². The van der Waals surface area contributed by atoms with Crippen molar-refractivity contribution in [1.82, 2.24) is 14.7 Å². The first-order valence-corrected chi connectivity index (χ1v) is 5.71. The number of morpholine rings is 1. The highest BCUT2D eigenvalue weighted by atomic mass is 16.5. The number of rotatable bonds is 2. The molecule has 2 aromatic rings. The molecular formula is C12H15N3O2. The van der Waals surface area contributed by atoms with Crippen LogP contribution in [-0.2, 0) is 4.74 Å². The first-order chi connectivity index (χ1) is 8.40. The molecule has 5 heteroatoms. The van der Waals surface area contributed by atoms with Gasteiger partial charge in [-0.25, -0.2) is 4.98 Å². The van der Waals surface area contributed by atoms with Gasteiger partial charge in [-0.2, -0.15) is 0 Å². The number of pyridine rings is 1. The maximum absolute atomic E-state index is 5.47. The zero-order valence-corrected chi connectivity index (χ0v) is 9.72. The van der Waals surface area contributed by atoms with Gasteiger partial charge in [-0.15, -0.1) is 0 Å². The second-order valence-corrected chi connectivity index (χ2v) is 4.03. The van der Waals surface area contributed by atoms with E-state index >= 15 is 0 Å². The van der Waals surface area contributed by atoms with Crippen molar-refractivity contribution < 1.29 is 9.47 Å². The number of ether oxygens (including phenoxy) is 2. The first kappa shape index (κ1) is 10.6. The third-order valence-electron chi connectivity index (χ3n) is 2.99. The minimum Gasteiger partial charge on any atom is -0.482 e. The molecule has 1 fully saturated rings. The van der Waals surface area contributed by atoms with Gasteiger partial charge in [-0.3, -0.25) is 4.40 Å². The number of hydrogen-bond donors (Lipinski definition) is 1. The molecule has 1 unspecified atom stereocenters. The predicted molar refractivity (Wildman–Crippen MR) is 63.3 cm³/mol. The lowest BCUT2D eigenvalue weighted by molar-refractivity contribution is 0.0738. The summed E-state index contributed by atoms with van der Waals surface area (Å²) in [6, 6.07) is 6.04. The summed E-state index contributed by atoms with van der Waals surface area (Å²) in [5.41, 5.74) is 1.03. The van der Waals surface area contributed by atoms with E-state index in [2.05, 4.69) is 10.3 Å². The molecule has 2 aromatic heterocycles. The van der Waals surface area contributed by atoms with Crippen LogP contribution >= 0.6 is 0 Å². The third-order valence-corrected chi connectivity index (χ3v) is 2.99. The Hall–Kier alpha value is -1.59. The zero-order valence-electron chi connectivity index (χ0n) is 9.72. The van der Waals surface area contributed by atoms with Crippen molar-refractivity contribution >= 4 is 5.52 Å². The van der Waals surface area contributed by atoms with Crippen molar-refractivity contribution in [3.8, 4) is 5.88 Å². The summed E-state index contributed by atoms with van der Waals surface area (Å²) < 4.78 is 12.9. The molecule has 1 aliphatic rings. The molecule has 1 N–H and O–H groups in total. The molecule has 0 radical (unpaired) electrons. The van der Waals surface area contributed by atoms with Crippen LogP contribution in [0.25, 0.3) is 5.52 Å². The van der Waals surface area contributed by atoms with E-state index in [-0.39, 0.29) is 6.04 Å². The van der Waals surface area contributed by atoms with Gasteiger partial charge >= 0.3 is 0 Å². The Bertz CT molecular complexity index is 517. The van der Waals surface area contributed by atoms with Crippen LogP contribution in [0.15, 0.2) is 24.4 Å². The van der Waals surface area contributed by atoms with E-state index < -0.39 is 0 Å². The van der Waals surface area contributed by atoms with Crippen LogP contribution in [0.5, 0.6) is 5.88 Å². The molecule has 17 heavy (non-hydrogen) atoms. The molecule has 0 saturated carbocycles. The number of aromatic nitrogens is 2. The van der Waals surface area contributed by atoms with Crippen molar-refractivity contribution in [3.05, 3.63) is 30.2 Å². The molecule has 1 aliphatic heterocycles. The van der Waals surface area contributed by atoms with E-state index in [1.807, 2.05) is 28.8 Å². The monoisotopic (exact) mass is 233 g/mol. The quantitative estimate of drug-likeness (QED) is 0.840. The van der Waals surface area contributed by atoms with E-state index in [1.54, 1.807) is 7.11 Å². The van der Waals surface area contributed by atoms with Crippen LogP contribution in [0.3, 0.4) is 0 Å². The predicted octanol–water partition coefficient (Wildman–Crippen LogP) is 1.00. The standard InChI is InChI=1S/C12H15N3O2/c1-16-11-4-2-3-9-7-14-12(15(9)11)10-8-17-6-5-13-10/h2-4,7,10,13H,5-6,8H2,1H3. The molecular weight excluding hydrogens is 218 g/mol. The molecule has 0 aliphatic carbocycles. The molecule has 0 spiro atoms. The van der Waals surface area contributed by atoms with Gasteiger partial charge in [0.1, 0.15) is 5.82 Å². The summed E-state index contributed by atoms with van der Waals surface area (Å²) in [6.45, 7) is 2.27. The number of methoxy groups -OCH3 is 1. The summed E-state index contributed by atoms with van der Waals surface area (Å²) in [5.74, 6) is 1.74. The summed E-state index contributed by atoms with van der Waals surface area (Å²) in [4.78, 5) is 4.47. The second kappa shape index (κ2) is 4.35. The minimum absolute atomic E-state index is 0.127. The van der Waals surface area contributed by atoms with Gasteiger partial charge in [0.25, 0.3) is 0 Å². The number of nitrogens with zero attached hydrogens (tertiary/aromatic N) is 2. The van der Waals surface area contributed by atoms with Gasteiger partial charge in [0, 0.05) is 6.54 Å². The zero-order chi connectivity index (χ0) is 11.7. The van der Waals surface area contributed by atoms with Crippen LogP contribution in [-0.4, -0.2) is 36.3 Å². The summed E-state index contributed by atoms with van der Waals surface area (Å²) in [6.07, 6.45) is 1.86. The highest BCUT2D eigenvalue weighted by Gasteiger charge is 2.21. The Morgan fingerprint density at radius 2 is 2.47 bits per heavy atom. The highest BCUT2D eigenvalue weighted by Crippen LogP contribution is 2.22. The Morgan fingerprint density at radius 3 is 3.24 bits per heavy atom. The number of nitrogens with one attached hydrogen (secondary N) is 1. The van der Waals surface area contributed by atoms with Crippen LogP contribution in [0.2, 0.25) is 0 Å². The Labute approximate surface area is 99.4 Å². The van der Waals surface area contributed by atoms with Crippen LogP contribution in [0.1, 0.15) is 11.9 Å². The lowest BCUT2D eigenvalue weighted by Crippen LogP contribution is -2.35. The van der Waals surface area contributed by atoms with Gasteiger partial charge in [-0.1, -0.05) is 6.07 Å². The number of imidazole rings is 1. The normalized spacial score (nSPS) is 20.6. The van der Waals surface area contributed by atoms with Gasteiger partial charge in [-0.05, 0) is 12.1 Å². The molecule has 90 valence electrons. The van der Waals surface area contributed by atoms with Crippen molar-refractivity contribution in [2.45, 2.75) is 6.04 Å². The van der Waals surface area contributed by atoms with Crippen LogP contribution in [0.4, 0.5) is 0 Å². The fourth-order valence-corrected chi connectivity index (χ4v) is 2.18. The van der Waals surface area contributed by atoms with E-state index in [9.17, 15) is 0 Å². The molecule has 3 rings (SSSR count). The lowest BCUT2D eigenvalue weighted by Gasteiger charge is -2.23. The van der Waals surface area contributed by atoms with Gasteiger partial charge < -0.3 is 14.8 Å². The van der Waals surface area contributed by atoms with Crippen molar-refractivity contribution in [1.29, 1.82) is 0 Å². The average Bonchev–Trinajstić information content (AvgIpc) is 2.83. The Balaban J connectivity index is 2.09. The van der Waals surface area contributed by atoms with Gasteiger partial charge in [0.15, 0.2) is 5.88 Å². The highest BCUT2D eigenvalue weighted by molar-refractivity contribution is 5.49. The molecule has 5 nitrogen and oxygen atoms in total. The number of fused-ring (bicyclic) bond motifs is 1. The van der Waals surface area contributed by atoms with E-state index in [1.165, 1.54) is 0 Å². The number of hydrogen-bond acceptors (Lipinski definition) is 4. The third kappa shape index (κ3) is 1.77. The molecule has 0 amide bonds. The average molecular weight is 233 g/mol. The second-order valence-electron chi connectivity index (χ2n) is 4.03. The first-order valence-electron chi connectivity index (χ1n) is 5.71. The molecule has 0 aromatic carbocycles. The van der Waals surface area contributed by atoms with Crippen molar-refractivity contribution in [3.63, 3.8) is 0 Å². The molecule has 1 saturated heterocycles. The Morgan fingerprint density at radius 1 is 1.53 bits per heavy atom. The van der Waals surface area contributed by atoms with Crippen LogP contribution < -0.4 is 10.1 Å². The maximum atomic E-state index is 5.47. The lowest BCUT2D eigenvalue weighted by atomic mass is 10.2. The van der Waals surface area contributed by atoms with Crippen molar-refractivity contribution in [2.75, 3.05) is 26.9 Å². The van der Waals surface area contributed by atoms with Crippen molar-refractivity contribution in [2.24, 2.45) is 0 Å². The van der Waals surface area contributed by atoms with Gasteiger partial charge in [0.05, 0.1) is 38.1 Å². The molecule has 3 heterocycles. The van der Waals surface area contributed by atoms with E-state index in [0.717, 1.165) is 30.4 Å². The summed E-state index contributed by atoms with van der Waals surface area (Å²) in [7, 11) is 1.67. The Kier molecular flexibility index (Phi) is 2.70. The molecule has 0 bridgehead atoms. The fourth-order valence-electron chi connectivity index (χ4n) is 2.18. The largest absolute Gasteiger partial charge is 0.482 e. The smallest absolute Gasteiger partial charge is 0.199 e. The SMILES string of the molecule is COc1cccc2cnc(C3COCCN3)n12. The summed E-state index contributed by atoms with van der Waals surface area (Å²) >= 11 is 0. The van der Waals surface area contributed by atoms with Crippen LogP contribution in [0, 0.1) is 0 Å². The molecule has 1 atom stereocenters. The van der Waals surface area contributed by atoms with E-state index in [0.29, 0.717) is 6.61 Å². The topological polar surface area (TPSA) is 47.8 Å².